The molecule has 2 fully saturated rings. The van der Waals surface area contributed by atoms with E-state index < -0.39 is 5.60 Å². The van der Waals surface area contributed by atoms with Gasteiger partial charge in [0.25, 0.3) is 0 Å². The summed E-state index contributed by atoms with van der Waals surface area (Å²) in [6, 6.07) is 10.7. The van der Waals surface area contributed by atoms with Gasteiger partial charge >= 0.3 is 0 Å². The van der Waals surface area contributed by atoms with Crippen LogP contribution in [-0.2, 0) is 12.0 Å². The lowest BCUT2D eigenvalue weighted by atomic mass is 9.63. The third-order valence-electron chi connectivity index (χ3n) is 6.43. The molecule has 0 aliphatic carbocycles. The third kappa shape index (κ3) is 3.15. The number of hydrogen-bond donors (Lipinski definition) is 2. The first-order chi connectivity index (χ1) is 13.1. The van der Waals surface area contributed by atoms with Crippen LogP contribution in [0.4, 0.5) is 5.69 Å². The molecule has 4 rings (SSSR count). The maximum absolute atomic E-state index is 12.1. The fraction of sp³-hybridized carbons (Fsp3) is 0.522. The molecule has 0 amide bonds. The molecule has 27 heavy (non-hydrogen) atoms. The standard InChI is InChI=1S/C23H31N3O/c1-3-6-18-7-9-19(10-8-18)23(27,22(2)16-25-17-22)20-13-21(15-24-14-20)26-11-4-5-12-26/h7-10,13-15,25,27H,3-6,11-12,16-17H2,1-2H3. The van der Waals surface area contributed by atoms with Crippen molar-refractivity contribution in [2.24, 2.45) is 5.41 Å². The summed E-state index contributed by atoms with van der Waals surface area (Å²) in [6.07, 6.45) is 8.45. The first-order valence-electron chi connectivity index (χ1n) is 10.3. The van der Waals surface area contributed by atoms with E-state index in [1.165, 1.54) is 18.4 Å². The van der Waals surface area contributed by atoms with Gasteiger partial charge in [0.1, 0.15) is 5.60 Å². The van der Waals surface area contributed by atoms with E-state index >= 15 is 0 Å². The summed E-state index contributed by atoms with van der Waals surface area (Å²) in [5, 5.41) is 15.5. The van der Waals surface area contributed by atoms with E-state index in [9.17, 15) is 5.11 Å². The van der Waals surface area contributed by atoms with Gasteiger partial charge in [0, 0.05) is 43.4 Å². The molecule has 4 heteroatoms. The second-order valence-corrected chi connectivity index (χ2v) is 8.45. The number of hydrogen-bond acceptors (Lipinski definition) is 4. The second kappa shape index (κ2) is 7.25. The van der Waals surface area contributed by atoms with Crippen LogP contribution in [0.1, 0.15) is 49.8 Å². The maximum atomic E-state index is 12.1. The summed E-state index contributed by atoms with van der Waals surface area (Å²) >= 11 is 0. The molecule has 0 spiro atoms. The molecule has 2 aliphatic rings. The lowest BCUT2D eigenvalue weighted by Crippen LogP contribution is -2.63. The molecule has 0 bridgehead atoms. The van der Waals surface area contributed by atoms with Gasteiger partial charge in [0.15, 0.2) is 0 Å². The van der Waals surface area contributed by atoms with Crippen molar-refractivity contribution < 1.29 is 5.11 Å². The Balaban J connectivity index is 1.76. The van der Waals surface area contributed by atoms with Crippen molar-refractivity contribution in [3.63, 3.8) is 0 Å². The van der Waals surface area contributed by atoms with E-state index in [1.807, 2.05) is 12.4 Å². The zero-order chi connectivity index (χ0) is 18.9. The fourth-order valence-corrected chi connectivity index (χ4v) is 4.59. The SMILES string of the molecule is CCCc1ccc(C(O)(c2cncc(N3CCCC3)c2)C2(C)CNC2)cc1. The predicted octanol–water partition coefficient (Wildman–Crippen LogP) is 3.48. The van der Waals surface area contributed by atoms with Crippen molar-refractivity contribution in [3.05, 3.63) is 59.4 Å². The minimum Gasteiger partial charge on any atom is -0.380 e. The highest BCUT2D eigenvalue weighted by Gasteiger charge is 2.53. The molecule has 1 unspecified atom stereocenters. The second-order valence-electron chi connectivity index (χ2n) is 8.45. The number of benzene rings is 1. The third-order valence-corrected chi connectivity index (χ3v) is 6.43. The quantitative estimate of drug-likeness (QED) is 0.823. The number of aromatic nitrogens is 1. The number of pyridine rings is 1. The highest BCUT2D eigenvalue weighted by atomic mass is 16.3. The Morgan fingerprint density at radius 1 is 1.11 bits per heavy atom. The molecule has 2 aliphatic heterocycles. The number of anilines is 1. The van der Waals surface area contributed by atoms with Crippen molar-refractivity contribution in [1.82, 2.24) is 10.3 Å². The Morgan fingerprint density at radius 2 is 1.81 bits per heavy atom. The molecule has 1 aromatic carbocycles. The van der Waals surface area contributed by atoms with Crippen LogP contribution in [0.5, 0.6) is 0 Å². The molecule has 0 radical (unpaired) electrons. The van der Waals surface area contributed by atoms with E-state index in [-0.39, 0.29) is 5.41 Å². The molecular formula is C23H31N3O. The summed E-state index contributed by atoms with van der Waals surface area (Å²) in [4.78, 5) is 6.90. The first kappa shape index (κ1) is 18.5. The highest BCUT2D eigenvalue weighted by Crippen LogP contribution is 2.48. The van der Waals surface area contributed by atoms with Gasteiger partial charge in [-0.3, -0.25) is 4.98 Å². The summed E-state index contributed by atoms with van der Waals surface area (Å²) in [7, 11) is 0. The number of rotatable bonds is 6. The molecule has 2 N–H and O–H groups in total. The number of nitrogens with one attached hydrogen (secondary N) is 1. The van der Waals surface area contributed by atoms with Crippen LogP contribution in [0, 0.1) is 5.41 Å². The van der Waals surface area contributed by atoms with Gasteiger partial charge in [0.05, 0.1) is 11.9 Å². The van der Waals surface area contributed by atoms with Gasteiger partial charge in [-0.2, -0.15) is 0 Å². The van der Waals surface area contributed by atoms with E-state index in [0.29, 0.717) is 0 Å². The van der Waals surface area contributed by atoms with Crippen molar-refractivity contribution in [2.45, 2.75) is 45.1 Å². The monoisotopic (exact) mass is 365 g/mol. The fourth-order valence-electron chi connectivity index (χ4n) is 4.59. The Hall–Kier alpha value is -1.91. The average molecular weight is 366 g/mol. The topological polar surface area (TPSA) is 48.4 Å². The van der Waals surface area contributed by atoms with Crippen molar-refractivity contribution >= 4 is 5.69 Å². The van der Waals surface area contributed by atoms with Crippen molar-refractivity contribution in [3.8, 4) is 0 Å². The molecule has 0 saturated carbocycles. The van der Waals surface area contributed by atoms with Gasteiger partial charge in [-0.15, -0.1) is 0 Å². The van der Waals surface area contributed by atoms with Crippen LogP contribution in [0.25, 0.3) is 0 Å². The van der Waals surface area contributed by atoms with Crippen LogP contribution in [0.3, 0.4) is 0 Å². The van der Waals surface area contributed by atoms with Gasteiger partial charge in [0.2, 0.25) is 0 Å². The molecular weight excluding hydrogens is 334 g/mol. The molecule has 1 atom stereocenters. The normalized spacial score (nSPS) is 20.9. The lowest BCUT2D eigenvalue weighted by Gasteiger charge is -2.52. The average Bonchev–Trinajstić information content (AvgIpc) is 3.21. The predicted molar refractivity (Wildman–Crippen MR) is 110 cm³/mol. The van der Waals surface area contributed by atoms with Crippen molar-refractivity contribution in [2.75, 3.05) is 31.1 Å². The summed E-state index contributed by atoms with van der Waals surface area (Å²) in [5.41, 5.74) is 3.02. The molecule has 2 aromatic rings. The molecule has 3 heterocycles. The molecule has 2 saturated heterocycles. The van der Waals surface area contributed by atoms with Crippen LogP contribution < -0.4 is 10.2 Å². The van der Waals surface area contributed by atoms with Gasteiger partial charge in [-0.05, 0) is 36.5 Å². The zero-order valence-corrected chi connectivity index (χ0v) is 16.5. The Morgan fingerprint density at radius 3 is 2.41 bits per heavy atom. The number of aryl methyl sites for hydroxylation is 1. The van der Waals surface area contributed by atoms with Gasteiger partial charge in [-0.25, -0.2) is 0 Å². The van der Waals surface area contributed by atoms with Gasteiger partial charge < -0.3 is 15.3 Å². The van der Waals surface area contributed by atoms with Crippen LogP contribution in [0.15, 0.2) is 42.7 Å². The van der Waals surface area contributed by atoms with Crippen LogP contribution >= 0.6 is 0 Å². The largest absolute Gasteiger partial charge is 0.380 e. The minimum atomic E-state index is -1.05. The lowest BCUT2D eigenvalue weighted by molar-refractivity contribution is -0.0769. The van der Waals surface area contributed by atoms with E-state index in [4.69, 9.17) is 0 Å². The molecule has 144 valence electrons. The summed E-state index contributed by atoms with van der Waals surface area (Å²) in [5.74, 6) is 0. The maximum Gasteiger partial charge on any atom is 0.124 e. The zero-order valence-electron chi connectivity index (χ0n) is 16.5. The first-order valence-corrected chi connectivity index (χ1v) is 10.3. The van der Waals surface area contributed by atoms with Crippen molar-refractivity contribution in [1.29, 1.82) is 0 Å². The minimum absolute atomic E-state index is 0.245. The van der Waals surface area contributed by atoms with E-state index in [1.54, 1.807) is 0 Å². The van der Waals surface area contributed by atoms with Crippen LogP contribution in [0.2, 0.25) is 0 Å². The number of nitrogens with zero attached hydrogens (tertiary/aromatic N) is 2. The Kier molecular flexibility index (Phi) is 4.95. The molecule has 1 aromatic heterocycles. The Bertz CT molecular complexity index is 778. The van der Waals surface area contributed by atoms with E-state index in [2.05, 4.69) is 59.4 Å². The summed E-state index contributed by atoms with van der Waals surface area (Å²) < 4.78 is 0. The van der Waals surface area contributed by atoms with Gasteiger partial charge in [-0.1, -0.05) is 44.5 Å². The number of aliphatic hydroxyl groups is 1. The van der Waals surface area contributed by atoms with E-state index in [0.717, 1.165) is 55.8 Å². The Labute approximate surface area is 162 Å². The highest BCUT2D eigenvalue weighted by molar-refractivity contribution is 5.51. The smallest absolute Gasteiger partial charge is 0.124 e. The summed E-state index contributed by atoms with van der Waals surface area (Å²) in [6.45, 7) is 8.12. The molecule has 4 nitrogen and oxygen atoms in total. The van der Waals surface area contributed by atoms with Crippen LogP contribution in [-0.4, -0.2) is 36.3 Å².